The van der Waals surface area contributed by atoms with E-state index in [2.05, 4.69) is 16.8 Å². The van der Waals surface area contributed by atoms with Gasteiger partial charge in [0.15, 0.2) is 6.04 Å². The zero-order valence-corrected chi connectivity index (χ0v) is 11.8. The van der Waals surface area contributed by atoms with E-state index in [1.54, 1.807) is 0 Å². The number of carbonyl (C=O) groups is 1. The standard InChI is InChI=1S/C13H22N4O2/c1-4-16-5-7-17(8-6-16)12(13(18)19)11-9-15(3)10(2)14-11/h9,12H,4-8H2,1-3H3,(H,18,19). The Morgan fingerprint density at radius 3 is 2.47 bits per heavy atom. The van der Waals surface area contributed by atoms with Gasteiger partial charge in [-0.15, -0.1) is 0 Å². The van der Waals surface area contributed by atoms with Gasteiger partial charge < -0.3 is 14.6 Å². The van der Waals surface area contributed by atoms with Gasteiger partial charge in [-0.1, -0.05) is 6.92 Å². The Balaban J connectivity index is 2.15. The molecule has 1 fully saturated rings. The first-order chi connectivity index (χ1) is 9.02. The first-order valence-corrected chi connectivity index (χ1v) is 6.72. The number of aromatic nitrogens is 2. The highest BCUT2D eigenvalue weighted by molar-refractivity contribution is 5.74. The fraction of sp³-hybridized carbons (Fsp3) is 0.692. The zero-order chi connectivity index (χ0) is 14.0. The molecule has 6 nitrogen and oxygen atoms in total. The molecule has 0 spiro atoms. The Morgan fingerprint density at radius 2 is 2.05 bits per heavy atom. The van der Waals surface area contributed by atoms with Crippen molar-refractivity contribution in [2.45, 2.75) is 19.9 Å². The van der Waals surface area contributed by atoms with E-state index in [9.17, 15) is 9.90 Å². The van der Waals surface area contributed by atoms with E-state index in [4.69, 9.17) is 0 Å². The Kier molecular flexibility index (Phi) is 4.21. The molecule has 6 heteroatoms. The van der Waals surface area contributed by atoms with E-state index in [1.807, 2.05) is 29.6 Å². The molecule has 0 bridgehead atoms. The topological polar surface area (TPSA) is 61.6 Å². The summed E-state index contributed by atoms with van der Waals surface area (Å²) < 4.78 is 1.87. The molecule has 1 aliphatic heterocycles. The second kappa shape index (κ2) is 5.71. The van der Waals surface area contributed by atoms with Crippen LogP contribution in [0.4, 0.5) is 0 Å². The van der Waals surface area contributed by atoms with Crippen molar-refractivity contribution < 1.29 is 9.90 Å². The molecule has 0 aromatic carbocycles. The van der Waals surface area contributed by atoms with Crippen LogP contribution in [0.3, 0.4) is 0 Å². The van der Waals surface area contributed by atoms with E-state index >= 15 is 0 Å². The minimum absolute atomic E-state index is 0.626. The third-order valence-corrected chi connectivity index (χ3v) is 3.86. The Bertz CT molecular complexity index is 430. The summed E-state index contributed by atoms with van der Waals surface area (Å²) in [6, 6.07) is -0.626. The summed E-state index contributed by atoms with van der Waals surface area (Å²) in [5.74, 6) is 0.0245. The van der Waals surface area contributed by atoms with Crippen molar-refractivity contribution in [3.8, 4) is 0 Å². The van der Waals surface area contributed by atoms with Crippen molar-refractivity contribution in [2.24, 2.45) is 7.05 Å². The first kappa shape index (κ1) is 14.0. The fourth-order valence-electron chi connectivity index (χ4n) is 2.53. The van der Waals surface area contributed by atoms with Crippen LogP contribution < -0.4 is 0 Å². The lowest BCUT2D eigenvalue weighted by atomic mass is 10.1. The number of imidazole rings is 1. The summed E-state index contributed by atoms with van der Waals surface area (Å²) >= 11 is 0. The lowest BCUT2D eigenvalue weighted by molar-refractivity contribution is -0.144. The molecule has 19 heavy (non-hydrogen) atoms. The van der Waals surface area contributed by atoms with Gasteiger partial charge in [0.1, 0.15) is 5.82 Å². The quantitative estimate of drug-likeness (QED) is 0.859. The molecule has 1 saturated heterocycles. The fourth-order valence-corrected chi connectivity index (χ4v) is 2.53. The maximum Gasteiger partial charge on any atom is 0.327 e. The number of rotatable bonds is 4. The summed E-state index contributed by atoms with van der Waals surface area (Å²) in [4.78, 5) is 20.3. The van der Waals surface area contributed by atoms with Crippen molar-refractivity contribution in [3.63, 3.8) is 0 Å². The van der Waals surface area contributed by atoms with E-state index in [-0.39, 0.29) is 0 Å². The van der Waals surface area contributed by atoms with E-state index < -0.39 is 12.0 Å². The van der Waals surface area contributed by atoms with Gasteiger partial charge in [-0.2, -0.15) is 0 Å². The second-order valence-electron chi connectivity index (χ2n) is 5.03. The largest absolute Gasteiger partial charge is 0.480 e. The molecule has 0 saturated carbocycles. The van der Waals surface area contributed by atoms with Crippen molar-refractivity contribution in [2.75, 3.05) is 32.7 Å². The molecule has 106 valence electrons. The van der Waals surface area contributed by atoms with Crippen LogP contribution in [0.15, 0.2) is 6.20 Å². The monoisotopic (exact) mass is 266 g/mol. The van der Waals surface area contributed by atoms with Gasteiger partial charge in [0.2, 0.25) is 0 Å². The number of aryl methyl sites for hydroxylation is 2. The summed E-state index contributed by atoms with van der Waals surface area (Å²) in [6.07, 6.45) is 1.82. The lowest BCUT2D eigenvalue weighted by Crippen LogP contribution is -2.49. The SMILES string of the molecule is CCN1CCN(C(C(=O)O)c2cn(C)c(C)n2)CC1. The maximum absolute atomic E-state index is 11.6. The maximum atomic E-state index is 11.6. The third kappa shape index (κ3) is 2.96. The third-order valence-electron chi connectivity index (χ3n) is 3.86. The average molecular weight is 266 g/mol. The Labute approximate surface area is 113 Å². The van der Waals surface area contributed by atoms with Crippen LogP contribution in [-0.2, 0) is 11.8 Å². The number of carboxylic acid groups (broad SMARTS) is 1. The van der Waals surface area contributed by atoms with Gasteiger partial charge in [-0.25, -0.2) is 4.98 Å². The molecular weight excluding hydrogens is 244 g/mol. The van der Waals surface area contributed by atoms with Crippen molar-refractivity contribution in [1.29, 1.82) is 0 Å². The van der Waals surface area contributed by atoms with Crippen LogP contribution >= 0.6 is 0 Å². The molecule has 1 N–H and O–H groups in total. The first-order valence-electron chi connectivity index (χ1n) is 6.72. The number of likely N-dealkylation sites (N-methyl/N-ethyl adjacent to an activating group) is 1. The van der Waals surface area contributed by atoms with E-state index in [1.165, 1.54) is 0 Å². The lowest BCUT2D eigenvalue weighted by Gasteiger charge is -2.36. The van der Waals surface area contributed by atoms with Crippen molar-refractivity contribution in [1.82, 2.24) is 19.4 Å². The van der Waals surface area contributed by atoms with Gasteiger partial charge in [0, 0.05) is 39.4 Å². The predicted molar refractivity (Wildman–Crippen MR) is 72.0 cm³/mol. The molecule has 2 rings (SSSR count). The van der Waals surface area contributed by atoms with Crippen LogP contribution in [0.1, 0.15) is 24.5 Å². The van der Waals surface area contributed by atoms with E-state index in [0.29, 0.717) is 5.69 Å². The average Bonchev–Trinajstić information content (AvgIpc) is 2.70. The molecule has 1 aromatic heterocycles. The van der Waals surface area contributed by atoms with Crippen LogP contribution in [-0.4, -0.2) is 63.2 Å². The van der Waals surface area contributed by atoms with Crippen molar-refractivity contribution >= 4 is 5.97 Å². The van der Waals surface area contributed by atoms with Crippen LogP contribution in [0.5, 0.6) is 0 Å². The minimum atomic E-state index is -0.817. The summed E-state index contributed by atoms with van der Waals surface area (Å²) in [5, 5.41) is 9.50. The van der Waals surface area contributed by atoms with Gasteiger partial charge in [0.25, 0.3) is 0 Å². The zero-order valence-electron chi connectivity index (χ0n) is 11.8. The van der Waals surface area contributed by atoms with Crippen LogP contribution in [0.2, 0.25) is 0 Å². The second-order valence-corrected chi connectivity index (χ2v) is 5.03. The molecule has 0 amide bonds. The van der Waals surface area contributed by atoms with Crippen molar-refractivity contribution in [3.05, 3.63) is 17.7 Å². The number of carboxylic acids is 1. The molecule has 0 aliphatic carbocycles. The highest BCUT2D eigenvalue weighted by Crippen LogP contribution is 2.21. The number of nitrogens with zero attached hydrogens (tertiary/aromatic N) is 4. The van der Waals surface area contributed by atoms with Crippen LogP contribution in [0.25, 0.3) is 0 Å². The predicted octanol–water partition coefficient (Wildman–Crippen LogP) is 0.492. The van der Waals surface area contributed by atoms with Crippen LogP contribution in [0, 0.1) is 6.92 Å². The molecule has 1 atom stereocenters. The molecule has 0 radical (unpaired) electrons. The Hall–Kier alpha value is -1.40. The normalized spacial score (nSPS) is 19.5. The highest BCUT2D eigenvalue weighted by Gasteiger charge is 2.31. The number of hydrogen-bond donors (Lipinski definition) is 1. The minimum Gasteiger partial charge on any atom is -0.480 e. The smallest absolute Gasteiger partial charge is 0.327 e. The summed E-state index contributed by atoms with van der Waals surface area (Å²) in [7, 11) is 1.89. The molecular formula is C13H22N4O2. The molecule has 1 aromatic rings. The number of aliphatic carboxylic acids is 1. The molecule has 2 heterocycles. The van der Waals surface area contributed by atoms with Gasteiger partial charge in [-0.05, 0) is 13.5 Å². The molecule has 1 unspecified atom stereocenters. The molecule has 1 aliphatic rings. The van der Waals surface area contributed by atoms with E-state index in [0.717, 1.165) is 38.5 Å². The summed E-state index contributed by atoms with van der Waals surface area (Å²) in [6.45, 7) is 8.44. The number of piperazine rings is 1. The van der Waals surface area contributed by atoms with Gasteiger partial charge in [-0.3, -0.25) is 9.69 Å². The Morgan fingerprint density at radius 1 is 1.42 bits per heavy atom. The van der Waals surface area contributed by atoms with Gasteiger partial charge >= 0.3 is 5.97 Å². The highest BCUT2D eigenvalue weighted by atomic mass is 16.4. The van der Waals surface area contributed by atoms with Gasteiger partial charge in [0.05, 0.1) is 5.69 Å². The summed E-state index contributed by atoms with van der Waals surface area (Å²) in [5.41, 5.74) is 0.637. The number of hydrogen-bond acceptors (Lipinski definition) is 4.